The van der Waals surface area contributed by atoms with Crippen molar-refractivity contribution in [1.29, 1.82) is 0 Å². The Kier molecular flexibility index (Phi) is 4.53. The van der Waals surface area contributed by atoms with Gasteiger partial charge in [-0.3, -0.25) is 9.59 Å². The van der Waals surface area contributed by atoms with E-state index < -0.39 is 0 Å². The van der Waals surface area contributed by atoms with Gasteiger partial charge in [-0.25, -0.2) is 4.98 Å². The van der Waals surface area contributed by atoms with E-state index in [1.807, 2.05) is 5.38 Å². The first-order valence-electron chi connectivity index (χ1n) is 7.75. The molecule has 2 heterocycles. The normalized spacial score (nSPS) is 20.0. The van der Waals surface area contributed by atoms with E-state index in [9.17, 15) is 9.59 Å². The van der Waals surface area contributed by atoms with E-state index in [2.05, 4.69) is 10.3 Å². The van der Waals surface area contributed by atoms with Gasteiger partial charge in [-0.1, -0.05) is 12.8 Å². The number of nitrogens with zero attached hydrogens (tertiary/aromatic N) is 2. The standard InChI is InChI=1S/C15H21N3O2S/c19-13(9-18-8-4-2-1-3-5-14(18)20)17-15-16-12(10-21-15)11-6-7-11/h10-11H,1-9H2,(H,16,17,19). The van der Waals surface area contributed by atoms with Crippen LogP contribution in [0.5, 0.6) is 0 Å². The summed E-state index contributed by atoms with van der Waals surface area (Å²) in [5.74, 6) is 0.561. The Balaban J connectivity index is 1.52. The summed E-state index contributed by atoms with van der Waals surface area (Å²) in [6.45, 7) is 0.842. The van der Waals surface area contributed by atoms with Crippen LogP contribution in [0.25, 0.3) is 0 Å². The molecule has 5 nitrogen and oxygen atoms in total. The van der Waals surface area contributed by atoms with E-state index in [0.717, 1.165) is 31.4 Å². The number of amides is 2. The molecule has 2 fully saturated rings. The maximum atomic E-state index is 12.1. The molecule has 3 rings (SSSR count). The van der Waals surface area contributed by atoms with Gasteiger partial charge in [0, 0.05) is 24.3 Å². The van der Waals surface area contributed by atoms with Gasteiger partial charge in [0.25, 0.3) is 0 Å². The van der Waals surface area contributed by atoms with Crippen molar-refractivity contribution < 1.29 is 9.59 Å². The third kappa shape index (κ3) is 4.03. The van der Waals surface area contributed by atoms with Gasteiger partial charge in [-0.05, 0) is 25.7 Å². The van der Waals surface area contributed by atoms with E-state index in [1.54, 1.807) is 4.90 Å². The van der Waals surface area contributed by atoms with E-state index in [4.69, 9.17) is 0 Å². The molecule has 0 bridgehead atoms. The average Bonchev–Trinajstić information content (AvgIpc) is 3.20. The molecule has 1 aromatic rings. The number of likely N-dealkylation sites (tertiary alicyclic amines) is 1. The molecule has 0 atom stereocenters. The Morgan fingerprint density at radius 1 is 1.33 bits per heavy atom. The van der Waals surface area contributed by atoms with Crippen molar-refractivity contribution in [2.45, 2.75) is 50.9 Å². The van der Waals surface area contributed by atoms with E-state index in [-0.39, 0.29) is 18.4 Å². The van der Waals surface area contributed by atoms with Crippen molar-refractivity contribution in [1.82, 2.24) is 9.88 Å². The van der Waals surface area contributed by atoms with Crippen molar-refractivity contribution >= 4 is 28.3 Å². The maximum Gasteiger partial charge on any atom is 0.245 e. The lowest BCUT2D eigenvalue weighted by atomic mass is 10.1. The number of aromatic nitrogens is 1. The average molecular weight is 307 g/mol. The summed E-state index contributed by atoms with van der Waals surface area (Å²) in [5.41, 5.74) is 1.10. The van der Waals surface area contributed by atoms with Crippen LogP contribution < -0.4 is 5.32 Å². The van der Waals surface area contributed by atoms with Crippen molar-refractivity contribution in [2.24, 2.45) is 0 Å². The first-order valence-corrected chi connectivity index (χ1v) is 8.63. The summed E-state index contributed by atoms with van der Waals surface area (Å²) in [7, 11) is 0. The molecular formula is C15H21N3O2S. The number of rotatable bonds is 4. The van der Waals surface area contributed by atoms with Crippen LogP contribution in [0.2, 0.25) is 0 Å². The Bertz CT molecular complexity index is 525. The molecule has 21 heavy (non-hydrogen) atoms. The van der Waals surface area contributed by atoms with Gasteiger partial charge in [-0.2, -0.15) is 0 Å². The fourth-order valence-electron chi connectivity index (χ4n) is 2.62. The highest BCUT2D eigenvalue weighted by Crippen LogP contribution is 2.40. The van der Waals surface area contributed by atoms with Gasteiger partial charge in [0.05, 0.1) is 12.2 Å². The molecule has 2 amide bonds. The smallest absolute Gasteiger partial charge is 0.245 e. The first kappa shape index (κ1) is 14.5. The van der Waals surface area contributed by atoms with Crippen LogP contribution in [-0.4, -0.2) is 34.8 Å². The van der Waals surface area contributed by atoms with E-state index in [0.29, 0.717) is 24.0 Å². The van der Waals surface area contributed by atoms with Crippen LogP contribution in [0.4, 0.5) is 5.13 Å². The predicted octanol–water partition coefficient (Wildman–Crippen LogP) is 2.75. The number of carbonyl (C=O) groups excluding carboxylic acids is 2. The molecule has 1 saturated carbocycles. The third-order valence-corrected chi connectivity index (χ3v) is 4.80. The topological polar surface area (TPSA) is 62.3 Å². The van der Waals surface area contributed by atoms with Crippen LogP contribution in [-0.2, 0) is 9.59 Å². The third-order valence-electron chi connectivity index (χ3n) is 4.02. The number of hydrogen-bond donors (Lipinski definition) is 1. The van der Waals surface area contributed by atoms with Crippen LogP contribution in [0.1, 0.15) is 56.6 Å². The fraction of sp³-hybridized carbons (Fsp3) is 0.667. The van der Waals surface area contributed by atoms with E-state index >= 15 is 0 Å². The van der Waals surface area contributed by atoms with Crippen molar-refractivity contribution in [2.75, 3.05) is 18.4 Å². The molecule has 0 aromatic carbocycles. The van der Waals surface area contributed by atoms with Crippen molar-refractivity contribution in [3.05, 3.63) is 11.1 Å². The Hall–Kier alpha value is -1.43. The second kappa shape index (κ2) is 6.56. The summed E-state index contributed by atoms with van der Waals surface area (Å²) in [4.78, 5) is 30.2. The second-order valence-corrected chi connectivity index (χ2v) is 6.74. The Labute approximate surface area is 128 Å². The van der Waals surface area contributed by atoms with Gasteiger partial charge in [0.1, 0.15) is 0 Å². The number of nitrogens with one attached hydrogen (secondary N) is 1. The highest BCUT2D eigenvalue weighted by molar-refractivity contribution is 7.13. The lowest BCUT2D eigenvalue weighted by Crippen LogP contribution is -2.39. The van der Waals surface area contributed by atoms with Crippen molar-refractivity contribution in [3.8, 4) is 0 Å². The molecule has 0 unspecified atom stereocenters. The minimum atomic E-state index is -0.138. The molecule has 0 spiro atoms. The molecule has 6 heteroatoms. The summed E-state index contributed by atoms with van der Waals surface area (Å²) in [6.07, 6.45) is 7.17. The van der Waals surface area contributed by atoms with Crippen molar-refractivity contribution in [3.63, 3.8) is 0 Å². The fourth-order valence-corrected chi connectivity index (χ4v) is 3.43. The lowest BCUT2D eigenvalue weighted by molar-refractivity contribution is -0.135. The minimum Gasteiger partial charge on any atom is -0.333 e. The Morgan fingerprint density at radius 2 is 2.14 bits per heavy atom. The molecule has 1 aromatic heterocycles. The van der Waals surface area contributed by atoms with Crippen LogP contribution in [0.15, 0.2) is 5.38 Å². The maximum absolute atomic E-state index is 12.1. The molecule has 114 valence electrons. The van der Waals surface area contributed by atoms with Gasteiger partial charge in [-0.15, -0.1) is 11.3 Å². The SMILES string of the molecule is O=C(CN1CCCCCCC1=O)Nc1nc(C2CC2)cs1. The quantitative estimate of drug-likeness (QED) is 0.930. The summed E-state index contributed by atoms with van der Waals surface area (Å²) >= 11 is 1.47. The summed E-state index contributed by atoms with van der Waals surface area (Å²) in [5, 5.41) is 5.50. The summed E-state index contributed by atoms with van der Waals surface area (Å²) in [6, 6.07) is 0. The molecule has 1 N–H and O–H groups in total. The highest BCUT2D eigenvalue weighted by Gasteiger charge is 2.26. The highest BCUT2D eigenvalue weighted by atomic mass is 32.1. The lowest BCUT2D eigenvalue weighted by Gasteiger charge is -2.23. The summed E-state index contributed by atoms with van der Waals surface area (Å²) < 4.78 is 0. The van der Waals surface area contributed by atoms with Crippen LogP contribution >= 0.6 is 11.3 Å². The number of carbonyl (C=O) groups is 2. The molecule has 2 aliphatic rings. The zero-order valence-corrected chi connectivity index (χ0v) is 13.0. The first-order chi connectivity index (χ1) is 10.2. The minimum absolute atomic E-state index is 0.0997. The number of hydrogen-bond acceptors (Lipinski definition) is 4. The van der Waals surface area contributed by atoms with E-state index in [1.165, 1.54) is 24.2 Å². The van der Waals surface area contributed by atoms with Crippen LogP contribution in [0, 0.1) is 0 Å². The van der Waals surface area contributed by atoms with Gasteiger partial charge < -0.3 is 10.2 Å². The van der Waals surface area contributed by atoms with Gasteiger partial charge in [0.2, 0.25) is 11.8 Å². The number of thiazole rings is 1. The molecule has 1 saturated heterocycles. The molecule has 1 aliphatic heterocycles. The zero-order valence-electron chi connectivity index (χ0n) is 12.1. The molecule has 0 radical (unpaired) electrons. The zero-order chi connectivity index (χ0) is 14.7. The molecular weight excluding hydrogens is 286 g/mol. The van der Waals surface area contributed by atoms with Gasteiger partial charge >= 0.3 is 0 Å². The number of anilines is 1. The Morgan fingerprint density at radius 3 is 2.95 bits per heavy atom. The largest absolute Gasteiger partial charge is 0.333 e. The predicted molar refractivity (Wildman–Crippen MR) is 82.4 cm³/mol. The van der Waals surface area contributed by atoms with Crippen LogP contribution in [0.3, 0.4) is 0 Å². The monoisotopic (exact) mass is 307 g/mol. The molecule has 1 aliphatic carbocycles. The second-order valence-electron chi connectivity index (χ2n) is 5.88. The van der Waals surface area contributed by atoms with Gasteiger partial charge in [0.15, 0.2) is 5.13 Å².